The molecule has 0 fully saturated rings. The van der Waals surface area contributed by atoms with E-state index in [-0.39, 0.29) is 11.5 Å². The Morgan fingerprint density at radius 1 is 1.03 bits per heavy atom. The van der Waals surface area contributed by atoms with Gasteiger partial charge >= 0.3 is 0 Å². The lowest BCUT2D eigenvalue weighted by atomic mass is 10.00. The van der Waals surface area contributed by atoms with Crippen LogP contribution < -0.4 is 15.8 Å². The van der Waals surface area contributed by atoms with E-state index in [4.69, 9.17) is 0 Å². The quantitative estimate of drug-likeness (QED) is 0.545. The second-order valence-electron chi connectivity index (χ2n) is 8.12. The molecule has 5 rings (SSSR count). The molecule has 0 spiro atoms. The molecule has 0 unspecified atom stereocenters. The highest BCUT2D eigenvalue weighted by atomic mass is 16.2. The van der Waals surface area contributed by atoms with Gasteiger partial charge in [0, 0.05) is 44.3 Å². The summed E-state index contributed by atoms with van der Waals surface area (Å²) in [5.41, 5.74) is 4.58. The largest absolute Gasteiger partial charge is 0.352 e. The predicted molar refractivity (Wildman–Crippen MR) is 126 cm³/mol. The molecule has 0 saturated carbocycles. The third-order valence-electron chi connectivity index (χ3n) is 6.12. The van der Waals surface area contributed by atoms with E-state index >= 15 is 0 Å². The molecule has 1 aliphatic rings. The molecule has 2 aromatic heterocycles. The number of carbonyl (C=O) groups is 1. The summed E-state index contributed by atoms with van der Waals surface area (Å²) in [5.74, 6) is 0.669. The summed E-state index contributed by atoms with van der Waals surface area (Å²) in [6, 6.07) is 21.3. The summed E-state index contributed by atoms with van der Waals surface area (Å²) in [7, 11) is 1.71. The standard InChI is InChI=1S/C26H24N4O2/c1-29-23-9-5-4-8-21(23)22(14-25(29)31)26(32)28-16-18-10-11-24(27-15-18)30-13-12-19-6-2-3-7-20(19)17-30/h2-11,14-15H,12-13,16-17H2,1H3,(H,28,32). The van der Waals surface area contributed by atoms with Crippen molar-refractivity contribution in [2.45, 2.75) is 19.5 Å². The number of aromatic nitrogens is 2. The van der Waals surface area contributed by atoms with Crippen molar-refractivity contribution in [3.8, 4) is 0 Å². The van der Waals surface area contributed by atoms with Crippen molar-refractivity contribution < 1.29 is 4.79 Å². The number of carbonyl (C=O) groups excluding carboxylic acids is 1. The average Bonchev–Trinajstić information content (AvgIpc) is 2.85. The van der Waals surface area contributed by atoms with Gasteiger partial charge in [-0.2, -0.15) is 0 Å². The van der Waals surface area contributed by atoms with E-state index in [1.165, 1.54) is 17.2 Å². The lowest BCUT2D eigenvalue weighted by molar-refractivity contribution is 0.0952. The van der Waals surface area contributed by atoms with E-state index in [0.717, 1.165) is 41.8 Å². The number of anilines is 1. The Kier molecular flexibility index (Phi) is 5.19. The molecule has 3 heterocycles. The molecular formula is C26H24N4O2. The first kappa shape index (κ1) is 20.0. The van der Waals surface area contributed by atoms with E-state index in [1.54, 1.807) is 17.8 Å². The molecule has 2 aromatic carbocycles. The Bertz CT molecular complexity index is 1360. The van der Waals surface area contributed by atoms with Gasteiger partial charge in [-0.1, -0.05) is 48.5 Å². The van der Waals surface area contributed by atoms with Crippen molar-refractivity contribution in [1.82, 2.24) is 14.9 Å². The van der Waals surface area contributed by atoms with Crippen LogP contribution in [-0.2, 0) is 26.6 Å². The van der Waals surface area contributed by atoms with Gasteiger partial charge in [-0.05, 0) is 35.2 Å². The number of hydrogen-bond acceptors (Lipinski definition) is 4. The molecule has 1 aliphatic heterocycles. The van der Waals surface area contributed by atoms with Crippen molar-refractivity contribution in [1.29, 1.82) is 0 Å². The van der Waals surface area contributed by atoms with Crippen LogP contribution in [-0.4, -0.2) is 22.0 Å². The number of para-hydroxylation sites is 1. The molecule has 0 saturated heterocycles. The zero-order valence-electron chi connectivity index (χ0n) is 17.9. The van der Waals surface area contributed by atoms with Crippen LogP contribution in [0.2, 0.25) is 0 Å². The minimum atomic E-state index is -0.268. The number of hydrogen-bond donors (Lipinski definition) is 1. The second-order valence-corrected chi connectivity index (χ2v) is 8.12. The molecule has 0 radical (unpaired) electrons. The number of nitrogens with one attached hydrogen (secondary N) is 1. The molecule has 1 N–H and O–H groups in total. The highest BCUT2D eigenvalue weighted by Crippen LogP contribution is 2.23. The third-order valence-corrected chi connectivity index (χ3v) is 6.12. The lowest BCUT2D eigenvalue weighted by Gasteiger charge is -2.29. The zero-order valence-corrected chi connectivity index (χ0v) is 17.9. The van der Waals surface area contributed by atoms with Crippen molar-refractivity contribution in [3.05, 3.63) is 106 Å². The van der Waals surface area contributed by atoms with Crippen molar-refractivity contribution in [2.75, 3.05) is 11.4 Å². The third kappa shape index (κ3) is 3.75. The number of pyridine rings is 2. The maximum Gasteiger partial charge on any atom is 0.252 e. The molecule has 1 amide bonds. The monoisotopic (exact) mass is 424 g/mol. The van der Waals surface area contributed by atoms with Crippen LogP contribution in [0.3, 0.4) is 0 Å². The Labute approximate surface area is 186 Å². The van der Waals surface area contributed by atoms with Gasteiger partial charge in [0.2, 0.25) is 0 Å². The maximum absolute atomic E-state index is 12.8. The van der Waals surface area contributed by atoms with Crippen LogP contribution >= 0.6 is 0 Å². The van der Waals surface area contributed by atoms with E-state index in [9.17, 15) is 9.59 Å². The van der Waals surface area contributed by atoms with Crippen LogP contribution in [0.25, 0.3) is 10.9 Å². The van der Waals surface area contributed by atoms with Crippen LogP contribution in [0.5, 0.6) is 0 Å². The fourth-order valence-electron chi connectivity index (χ4n) is 4.28. The molecule has 32 heavy (non-hydrogen) atoms. The Morgan fingerprint density at radius 2 is 1.81 bits per heavy atom. The summed E-state index contributed by atoms with van der Waals surface area (Å²) in [6.45, 7) is 2.14. The molecular weight excluding hydrogens is 400 g/mol. The van der Waals surface area contributed by atoms with E-state index in [0.29, 0.717) is 12.1 Å². The summed E-state index contributed by atoms with van der Waals surface area (Å²) in [4.78, 5) is 32.0. The van der Waals surface area contributed by atoms with Gasteiger partial charge in [0.05, 0.1) is 11.1 Å². The minimum Gasteiger partial charge on any atom is -0.352 e. The molecule has 6 heteroatoms. The number of aryl methyl sites for hydroxylation is 1. The van der Waals surface area contributed by atoms with Gasteiger partial charge < -0.3 is 14.8 Å². The molecule has 160 valence electrons. The number of amides is 1. The molecule has 0 atom stereocenters. The number of fused-ring (bicyclic) bond motifs is 2. The average molecular weight is 425 g/mol. The van der Waals surface area contributed by atoms with Crippen molar-refractivity contribution in [3.63, 3.8) is 0 Å². The van der Waals surface area contributed by atoms with E-state index < -0.39 is 0 Å². The Balaban J connectivity index is 1.28. The minimum absolute atomic E-state index is 0.206. The van der Waals surface area contributed by atoms with Crippen molar-refractivity contribution in [2.24, 2.45) is 7.05 Å². The highest BCUT2D eigenvalue weighted by molar-refractivity contribution is 6.06. The predicted octanol–water partition coefficient (Wildman–Crippen LogP) is 3.43. The lowest BCUT2D eigenvalue weighted by Crippen LogP contribution is -2.31. The first-order valence-electron chi connectivity index (χ1n) is 10.7. The fraction of sp³-hybridized carbons (Fsp3) is 0.192. The fourth-order valence-corrected chi connectivity index (χ4v) is 4.28. The molecule has 0 bridgehead atoms. The first-order chi connectivity index (χ1) is 15.6. The summed E-state index contributed by atoms with van der Waals surface area (Å²) in [5, 5.41) is 3.68. The Morgan fingerprint density at radius 3 is 2.62 bits per heavy atom. The molecule has 0 aliphatic carbocycles. The SMILES string of the molecule is Cn1c(=O)cc(C(=O)NCc2ccc(N3CCc4ccccc4C3)nc2)c2ccccc21. The van der Waals surface area contributed by atoms with Gasteiger partial charge in [0.25, 0.3) is 11.5 Å². The number of nitrogens with zero attached hydrogens (tertiary/aromatic N) is 3. The molecule has 6 nitrogen and oxygen atoms in total. The van der Waals surface area contributed by atoms with Gasteiger partial charge in [-0.25, -0.2) is 4.98 Å². The van der Waals surface area contributed by atoms with Gasteiger partial charge in [0.1, 0.15) is 5.82 Å². The van der Waals surface area contributed by atoms with Gasteiger partial charge in [-0.15, -0.1) is 0 Å². The highest BCUT2D eigenvalue weighted by Gasteiger charge is 2.17. The Hall–Kier alpha value is -3.93. The van der Waals surface area contributed by atoms with Crippen LogP contribution in [0.1, 0.15) is 27.0 Å². The van der Waals surface area contributed by atoms with Gasteiger partial charge in [0.15, 0.2) is 0 Å². The number of rotatable bonds is 4. The second kappa shape index (κ2) is 8.30. The topological polar surface area (TPSA) is 67.2 Å². The smallest absolute Gasteiger partial charge is 0.252 e. The van der Waals surface area contributed by atoms with Crippen LogP contribution in [0.15, 0.2) is 77.7 Å². The van der Waals surface area contributed by atoms with E-state index in [2.05, 4.69) is 39.5 Å². The maximum atomic E-state index is 12.8. The van der Waals surface area contributed by atoms with Gasteiger partial charge in [-0.3, -0.25) is 9.59 Å². The van der Waals surface area contributed by atoms with Crippen LogP contribution in [0.4, 0.5) is 5.82 Å². The van der Waals surface area contributed by atoms with E-state index in [1.807, 2.05) is 36.4 Å². The zero-order chi connectivity index (χ0) is 22.1. The van der Waals surface area contributed by atoms with Crippen molar-refractivity contribution >= 4 is 22.6 Å². The normalized spacial score (nSPS) is 13.1. The summed E-state index contributed by atoms with van der Waals surface area (Å²) >= 11 is 0. The first-order valence-corrected chi connectivity index (χ1v) is 10.7. The summed E-state index contributed by atoms with van der Waals surface area (Å²) < 4.78 is 1.55. The van der Waals surface area contributed by atoms with Crippen LogP contribution in [0, 0.1) is 0 Å². The number of benzene rings is 2. The molecule has 4 aromatic rings. The summed E-state index contributed by atoms with van der Waals surface area (Å²) in [6.07, 6.45) is 2.82.